The van der Waals surface area contributed by atoms with Crippen molar-refractivity contribution in [2.24, 2.45) is 0 Å². The molecule has 0 amide bonds. The summed E-state index contributed by atoms with van der Waals surface area (Å²) in [5.74, 6) is 0. The van der Waals surface area contributed by atoms with E-state index in [0.717, 1.165) is 17.0 Å². The molecule has 0 atom stereocenters. The van der Waals surface area contributed by atoms with Gasteiger partial charge < -0.3 is 0 Å². The van der Waals surface area contributed by atoms with E-state index in [1.807, 2.05) is 30.3 Å². The van der Waals surface area contributed by atoms with Crippen molar-refractivity contribution in [1.82, 2.24) is 0 Å². The van der Waals surface area contributed by atoms with E-state index < -0.39 is 0 Å². The minimum atomic E-state index is 0. The molecule has 1 aromatic carbocycles. The SMILES string of the molecule is CC(C)P(C(C)C)C(C)C.[Au+].c1cc[cH-]c1. The van der Waals surface area contributed by atoms with Crippen LogP contribution in [0.5, 0.6) is 0 Å². The van der Waals surface area contributed by atoms with Crippen molar-refractivity contribution in [1.29, 1.82) is 0 Å². The zero-order chi connectivity index (χ0) is 11.8. The summed E-state index contributed by atoms with van der Waals surface area (Å²) in [6.45, 7) is 14.1. The van der Waals surface area contributed by atoms with E-state index in [-0.39, 0.29) is 30.3 Å². The maximum absolute atomic E-state index is 2.35. The van der Waals surface area contributed by atoms with Crippen molar-refractivity contribution in [2.45, 2.75) is 58.5 Å². The van der Waals surface area contributed by atoms with Gasteiger partial charge in [-0.3, -0.25) is 0 Å². The topological polar surface area (TPSA) is 0 Å². The van der Waals surface area contributed by atoms with Crippen LogP contribution in [0.4, 0.5) is 0 Å². The van der Waals surface area contributed by atoms with Gasteiger partial charge in [0.2, 0.25) is 0 Å². The first-order chi connectivity index (χ1) is 6.96. The van der Waals surface area contributed by atoms with Gasteiger partial charge in [0.15, 0.2) is 0 Å². The first-order valence-corrected chi connectivity index (χ1v) is 7.45. The van der Waals surface area contributed by atoms with Crippen LogP contribution in [0.3, 0.4) is 0 Å². The van der Waals surface area contributed by atoms with E-state index in [9.17, 15) is 0 Å². The molecule has 0 aromatic heterocycles. The van der Waals surface area contributed by atoms with E-state index in [1.165, 1.54) is 0 Å². The van der Waals surface area contributed by atoms with Gasteiger partial charge in [0, 0.05) is 0 Å². The molecule has 0 aliphatic carbocycles. The van der Waals surface area contributed by atoms with Crippen molar-refractivity contribution < 1.29 is 22.4 Å². The molecular formula is C14H26AuP. The molecule has 0 radical (unpaired) electrons. The van der Waals surface area contributed by atoms with Gasteiger partial charge >= 0.3 is 22.4 Å². The van der Waals surface area contributed by atoms with Gasteiger partial charge in [0.1, 0.15) is 0 Å². The van der Waals surface area contributed by atoms with E-state index in [0.29, 0.717) is 0 Å². The smallest absolute Gasteiger partial charge is 0.214 e. The summed E-state index contributed by atoms with van der Waals surface area (Å²) in [4.78, 5) is 0. The predicted octanol–water partition coefficient (Wildman–Crippen LogP) is 5.10. The Morgan fingerprint density at radius 2 is 1.06 bits per heavy atom. The maximum atomic E-state index is 2.35. The summed E-state index contributed by atoms with van der Waals surface area (Å²) in [6.07, 6.45) is 0. The van der Waals surface area contributed by atoms with Gasteiger partial charge in [-0.25, -0.2) is 12.1 Å². The van der Waals surface area contributed by atoms with E-state index in [2.05, 4.69) is 41.5 Å². The molecule has 0 heterocycles. The van der Waals surface area contributed by atoms with Crippen LogP contribution in [-0.4, -0.2) is 17.0 Å². The summed E-state index contributed by atoms with van der Waals surface area (Å²) in [7, 11) is 0.262. The first kappa shape index (κ1) is 18.9. The Kier molecular flexibility index (Phi) is 12.6. The van der Waals surface area contributed by atoms with Crippen molar-refractivity contribution in [2.75, 3.05) is 0 Å². The maximum Gasteiger partial charge on any atom is 1.00 e. The molecule has 0 fully saturated rings. The van der Waals surface area contributed by atoms with Gasteiger partial charge in [-0.15, -0.1) is 0 Å². The summed E-state index contributed by atoms with van der Waals surface area (Å²) >= 11 is 0. The minimum absolute atomic E-state index is 0. The molecule has 98 valence electrons. The molecule has 1 rings (SSSR count). The van der Waals surface area contributed by atoms with Crippen LogP contribution in [0.15, 0.2) is 30.3 Å². The average Bonchev–Trinajstić information content (AvgIpc) is 2.56. The Hall–Kier alpha value is 0.520. The molecule has 0 nitrogen and oxygen atoms in total. The van der Waals surface area contributed by atoms with Crippen molar-refractivity contribution in [3.63, 3.8) is 0 Å². The quantitative estimate of drug-likeness (QED) is 0.362. The summed E-state index contributed by atoms with van der Waals surface area (Å²) in [5.41, 5.74) is 2.69. The van der Waals surface area contributed by atoms with Gasteiger partial charge in [-0.1, -0.05) is 49.5 Å². The Bertz CT molecular complexity index is 178. The van der Waals surface area contributed by atoms with Crippen LogP contribution in [0.1, 0.15) is 41.5 Å². The second-order valence-electron chi connectivity index (χ2n) is 4.69. The normalized spacial score (nSPS) is 10.4. The van der Waals surface area contributed by atoms with Crippen LogP contribution in [0.25, 0.3) is 0 Å². The van der Waals surface area contributed by atoms with Crippen LogP contribution in [0, 0.1) is 0 Å². The first-order valence-electron chi connectivity index (χ1n) is 5.91. The molecule has 16 heavy (non-hydrogen) atoms. The summed E-state index contributed by atoms with van der Waals surface area (Å²) < 4.78 is 0. The fourth-order valence-corrected chi connectivity index (χ4v) is 5.69. The fraction of sp³-hybridized carbons (Fsp3) is 0.643. The second-order valence-corrected chi connectivity index (χ2v) is 8.68. The average molecular weight is 422 g/mol. The standard InChI is InChI=1S/C9H21P.C5H5.Au/c1-7(2)10(8(3)4)9(5)6;1-2-4-5-3-1;/h7-9H,1-6H3;1-5H;/q;-1;+1. The fourth-order valence-electron chi connectivity index (χ4n) is 2.11. The molecule has 0 saturated heterocycles. The predicted molar refractivity (Wildman–Crippen MR) is 74.4 cm³/mol. The van der Waals surface area contributed by atoms with Crippen LogP contribution in [-0.2, 0) is 22.4 Å². The van der Waals surface area contributed by atoms with Crippen molar-refractivity contribution >= 4 is 7.92 Å². The van der Waals surface area contributed by atoms with E-state index in [1.54, 1.807) is 0 Å². The van der Waals surface area contributed by atoms with Crippen LogP contribution >= 0.6 is 7.92 Å². The molecule has 0 unspecified atom stereocenters. The third kappa shape index (κ3) is 8.65. The Morgan fingerprint density at radius 1 is 0.750 bits per heavy atom. The molecule has 0 N–H and O–H groups in total. The third-order valence-corrected chi connectivity index (χ3v) is 5.92. The molecule has 0 aliphatic heterocycles. The van der Waals surface area contributed by atoms with Crippen molar-refractivity contribution in [3.8, 4) is 0 Å². The number of rotatable bonds is 3. The molecule has 0 spiro atoms. The molecule has 0 aliphatic rings. The number of hydrogen-bond donors (Lipinski definition) is 0. The third-order valence-electron chi connectivity index (χ3n) is 2.34. The van der Waals surface area contributed by atoms with E-state index in [4.69, 9.17) is 0 Å². The summed E-state index contributed by atoms with van der Waals surface area (Å²) in [6, 6.07) is 10.0. The second kappa shape index (κ2) is 10.7. The Morgan fingerprint density at radius 3 is 1.12 bits per heavy atom. The largest absolute Gasteiger partial charge is 1.00 e. The molecular weight excluding hydrogens is 396 g/mol. The zero-order valence-corrected chi connectivity index (χ0v) is 14.4. The molecule has 1 aromatic rings. The van der Waals surface area contributed by atoms with Gasteiger partial charge in [0.05, 0.1) is 0 Å². The van der Waals surface area contributed by atoms with Crippen LogP contribution < -0.4 is 0 Å². The van der Waals surface area contributed by atoms with Gasteiger partial charge in [-0.05, 0) is 17.0 Å². The van der Waals surface area contributed by atoms with Gasteiger partial charge in [0.25, 0.3) is 0 Å². The number of hydrogen-bond acceptors (Lipinski definition) is 0. The van der Waals surface area contributed by atoms with E-state index >= 15 is 0 Å². The van der Waals surface area contributed by atoms with Gasteiger partial charge in [-0.2, -0.15) is 18.2 Å². The Labute approximate surface area is 119 Å². The monoisotopic (exact) mass is 422 g/mol. The zero-order valence-electron chi connectivity index (χ0n) is 11.4. The molecule has 0 bridgehead atoms. The van der Waals surface area contributed by atoms with Crippen molar-refractivity contribution in [3.05, 3.63) is 30.3 Å². The summed E-state index contributed by atoms with van der Waals surface area (Å²) in [5, 5.41) is 0. The minimum Gasteiger partial charge on any atom is -0.214 e. The molecule has 2 heteroatoms. The Balaban J connectivity index is 0. The van der Waals surface area contributed by atoms with Crippen LogP contribution in [0.2, 0.25) is 0 Å². The molecule has 0 saturated carbocycles.